The normalized spacial score (nSPS) is 15.0. The zero-order valence-corrected chi connectivity index (χ0v) is 22.2. The number of allylic oxidation sites excluding steroid dienone is 1. The van der Waals surface area contributed by atoms with Gasteiger partial charge in [0.15, 0.2) is 0 Å². The van der Waals surface area contributed by atoms with E-state index < -0.39 is 0 Å². The fourth-order valence-corrected chi connectivity index (χ4v) is 4.92. The molecular formula is C30H35N5O3. The van der Waals surface area contributed by atoms with Gasteiger partial charge in [-0.1, -0.05) is 18.2 Å². The van der Waals surface area contributed by atoms with E-state index in [2.05, 4.69) is 45.9 Å². The van der Waals surface area contributed by atoms with Gasteiger partial charge in [0.05, 0.1) is 18.9 Å². The predicted octanol–water partition coefficient (Wildman–Crippen LogP) is 4.49. The molecule has 0 radical (unpaired) electrons. The fourth-order valence-electron chi connectivity index (χ4n) is 4.92. The molecule has 0 atom stereocenters. The van der Waals surface area contributed by atoms with E-state index in [0.29, 0.717) is 12.0 Å². The average Bonchev–Trinajstić information content (AvgIpc) is 3.38. The second-order valence-corrected chi connectivity index (χ2v) is 10.2. The number of carbonyl (C=O) groups excluding carboxylic acids is 1. The van der Waals surface area contributed by atoms with Crippen molar-refractivity contribution in [2.75, 3.05) is 30.4 Å². The van der Waals surface area contributed by atoms with E-state index in [9.17, 15) is 9.90 Å². The molecule has 1 fully saturated rings. The molecule has 0 bridgehead atoms. The third-order valence-electron chi connectivity index (χ3n) is 6.95. The number of piperidine rings is 1. The van der Waals surface area contributed by atoms with Crippen LogP contribution >= 0.6 is 0 Å². The first kappa shape index (κ1) is 25.7. The maximum atomic E-state index is 12.3. The molecule has 5 rings (SSSR count). The predicted molar refractivity (Wildman–Crippen MR) is 150 cm³/mol. The van der Waals surface area contributed by atoms with Crippen LogP contribution < -0.4 is 20.3 Å². The molecule has 3 N–H and O–H groups in total. The molecule has 8 nitrogen and oxygen atoms in total. The minimum Gasteiger partial charge on any atom is -0.496 e. The Bertz CT molecular complexity index is 1330. The third-order valence-corrected chi connectivity index (χ3v) is 6.95. The highest BCUT2D eigenvalue weighted by atomic mass is 16.5. The first-order valence-electron chi connectivity index (χ1n) is 13.2. The number of aliphatic hydroxyl groups is 1. The molecule has 1 aromatic heterocycles. The van der Waals surface area contributed by atoms with E-state index in [0.717, 1.165) is 77.9 Å². The molecule has 3 aromatic rings. The van der Waals surface area contributed by atoms with Gasteiger partial charge in [-0.15, -0.1) is 0 Å². The number of carbonyl (C=O) groups is 1. The molecule has 1 aliphatic carbocycles. The van der Waals surface area contributed by atoms with Gasteiger partial charge in [-0.2, -0.15) is 0 Å². The van der Waals surface area contributed by atoms with Crippen molar-refractivity contribution in [2.24, 2.45) is 0 Å². The highest BCUT2D eigenvalue weighted by molar-refractivity contribution is 5.94. The zero-order chi connectivity index (χ0) is 26.6. The Kier molecular flexibility index (Phi) is 7.60. The van der Waals surface area contributed by atoms with E-state index in [-0.39, 0.29) is 18.1 Å². The summed E-state index contributed by atoms with van der Waals surface area (Å²) in [5.74, 6) is 2.19. The maximum absolute atomic E-state index is 12.3. The summed E-state index contributed by atoms with van der Waals surface area (Å²) >= 11 is 0. The minimum atomic E-state index is -0.205. The van der Waals surface area contributed by atoms with Crippen LogP contribution in [0.1, 0.15) is 59.7 Å². The van der Waals surface area contributed by atoms with Gasteiger partial charge in [0.1, 0.15) is 17.4 Å². The summed E-state index contributed by atoms with van der Waals surface area (Å²) in [6, 6.07) is 13.8. The number of nitrogens with zero attached hydrogens (tertiary/aromatic N) is 3. The molecule has 2 aliphatic rings. The lowest BCUT2D eigenvalue weighted by Gasteiger charge is -2.31. The number of fused-ring (bicyclic) bond motifs is 1. The number of anilines is 3. The number of hydrogen-bond acceptors (Lipinski definition) is 7. The zero-order valence-electron chi connectivity index (χ0n) is 22.2. The Morgan fingerprint density at radius 3 is 2.61 bits per heavy atom. The second kappa shape index (κ2) is 11.2. The molecule has 2 aromatic carbocycles. The van der Waals surface area contributed by atoms with Gasteiger partial charge in [0.25, 0.3) is 5.91 Å². The van der Waals surface area contributed by atoms with Crippen LogP contribution in [0.5, 0.6) is 5.75 Å². The number of methoxy groups -OCH3 is 1. The van der Waals surface area contributed by atoms with Crippen LogP contribution in [0.2, 0.25) is 0 Å². The van der Waals surface area contributed by atoms with Crippen molar-refractivity contribution in [3.8, 4) is 5.75 Å². The van der Waals surface area contributed by atoms with Crippen molar-refractivity contribution in [2.45, 2.75) is 51.7 Å². The van der Waals surface area contributed by atoms with E-state index in [1.54, 1.807) is 7.11 Å². The molecule has 1 aliphatic heterocycles. The van der Waals surface area contributed by atoms with E-state index in [4.69, 9.17) is 14.7 Å². The number of rotatable bonds is 8. The Hall–Kier alpha value is -3.91. The molecule has 0 unspecified atom stereocenters. The highest BCUT2D eigenvalue weighted by Crippen LogP contribution is 2.31. The van der Waals surface area contributed by atoms with Gasteiger partial charge in [-0.25, -0.2) is 9.97 Å². The van der Waals surface area contributed by atoms with Crippen LogP contribution in [0.15, 0.2) is 48.5 Å². The lowest BCUT2D eigenvalue weighted by atomic mass is 10.0. The largest absolute Gasteiger partial charge is 0.496 e. The van der Waals surface area contributed by atoms with Crippen molar-refractivity contribution in [3.63, 3.8) is 0 Å². The Morgan fingerprint density at radius 1 is 1.13 bits per heavy atom. The molecule has 2 heterocycles. The van der Waals surface area contributed by atoms with Gasteiger partial charge >= 0.3 is 0 Å². The van der Waals surface area contributed by atoms with Crippen LogP contribution in [0.25, 0.3) is 6.08 Å². The summed E-state index contributed by atoms with van der Waals surface area (Å²) in [6.07, 6.45) is 6.82. The van der Waals surface area contributed by atoms with Gasteiger partial charge in [0, 0.05) is 66.1 Å². The maximum Gasteiger partial charge on any atom is 0.251 e. The SMILES string of the molecule is COc1cc(N2CCC(O)CC2)ccc1Cc1nc2c(c(Nc3ccc(C(=O)NC(C)C)cc3)n1)C=CC2. The van der Waals surface area contributed by atoms with Crippen molar-refractivity contribution in [1.82, 2.24) is 15.3 Å². The Morgan fingerprint density at radius 2 is 1.89 bits per heavy atom. The molecule has 8 heteroatoms. The van der Waals surface area contributed by atoms with E-state index >= 15 is 0 Å². The van der Waals surface area contributed by atoms with Crippen LogP contribution in [-0.4, -0.2) is 53.3 Å². The molecule has 38 heavy (non-hydrogen) atoms. The molecule has 0 spiro atoms. The molecule has 0 saturated carbocycles. The number of benzene rings is 2. The van der Waals surface area contributed by atoms with Crippen LogP contribution in [0.3, 0.4) is 0 Å². The minimum absolute atomic E-state index is 0.0856. The average molecular weight is 514 g/mol. The summed E-state index contributed by atoms with van der Waals surface area (Å²) in [5.41, 5.74) is 5.58. The molecular weight excluding hydrogens is 478 g/mol. The number of ether oxygens (including phenoxy) is 1. The number of hydrogen-bond donors (Lipinski definition) is 3. The number of nitrogens with one attached hydrogen (secondary N) is 2. The van der Waals surface area contributed by atoms with Crippen molar-refractivity contribution in [3.05, 3.63) is 76.7 Å². The number of aromatic nitrogens is 2. The quantitative estimate of drug-likeness (QED) is 0.408. The standard InChI is InChI=1S/C30H35N5O3/c1-19(2)31-30(37)20-7-10-22(11-8-20)32-29-25-5-4-6-26(25)33-28(34-29)17-21-9-12-23(18-27(21)38-3)35-15-13-24(36)14-16-35/h4-5,7-12,18-19,24,36H,6,13-17H2,1-3H3,(H,31,37)(H,32,33,34). The monoisotopic (exact) mass is 513 g/mol. The number of amides is 1. The summed E-state index contributed by atoms with van der Waals surface area (Å²) in [7, 11) is 1.69. The summed E-state index contributed by atoms with van der Waals surface area (Å²) in [5, 5.41) is 16.2. The molecule has 1 amide bonds. The van der Waals surface area contributed by atoms with Gasteiger partial charge < -0.3 is 25.4 Å². The number of aliphatic hydroxyl groups excluding tert-OH is 1. The van der Waals surface area contributed by atoms with E-state index in [1.165, 1.54) is 0 Å². The Labute approximate surface area is 223 Å². The first-order chi connectivity index (χ1) is 18.4. The van der Waals surface area contributed by atoms with Crippen LogP contribution in [0.4, 0.5) is 17.2 Å². The van der Waals surface area contributed by atoms with E-state index in [1.807, 2.05) is 38.1 Å². The first-order valence-corrected chi connectivity index (χ1v) is 13.2. The van der Waals surface area contributed by atoms with Crippen molar-refractivity contribution < 1.29 is 14.6 Å². The summed E-state index contributed by atoms with van der Waals surface area (Å²) < 4.78 is 5.75. The molecule has 198 valence electrons. The Balaban J connectivity index is 1.35. The van der Waals surface area contributed by atoms with Crippen molar-refractivity contribution in [1.29, 1.82) is 0 Å². The van der Waals surface area contributed by atoms with Gasteiger partial charge in [0.2, 0.25) is 0 Å². The van der Waals surface area contributed by atoms with Gasteiger partial charge in [-0.3, -0.25) is 4.79 Å². The van der Waals surface area contributed by atoms with Crippen LogP contribution in [-0.2, 0) is 12.8 Å². The lowest BCUT2D eigenvalue weighted by Crippen LogP contribution is -2.35. The smallest absolute Gasteiger partial charge is 0.251 e. The summed E-state index contributed by atoms with van der Waals surface area (Å²) in [4.78, 5) is 24.3. The van der Waals surface area contributed by atoms with Crippen molar-refractivity contribution >= 4 is 29.2 Å². The van der Waals surface area contributed by atoms with Gasteiger partial charge in [-0.05, 0) is 57.0 Å². The lowest BCUT2D eigenvalue weighted by molar-refractivity contribution is 0.0943. The van der Waals surface area contributed by atoms with Crippen LogP contribution in [0, 0.1) is 0 Å². The molecule has 1 saturated heterocycles. The third kappa shape index (κ3) is 5.81. The fraction of sp³-hybridized carbons (Fsp3) is 0.367. The summed E-state index contributed by atoms with van der Waals surface area (Å²) in [6.45, 7) is 5.56. The second-order valence-electron chi connectivity index (χ2n) is 10.2. The highest BCUT2D eigenvalue weighted by Gasteiger charge is 2.20. The topological polar surface area (TPSA) is 99.6 Å².